The van der Waals surface area contributed by atoms with Crippen LogP contribution in [0.1, 0.15) is 4.88 Å². The summed E-state index contributed by atoms with van der Waals surface area (Å²) in [6, 6.07) is 4.50. The number of anilines is 1. The molecule has 0 aromatic carbocycles. The molecule has 0 aliphatic carbocycles. The first kappa shape index (κ1) is 12.0. The number of rotatable bonds is 4. The van der Waals surface area contributed by atoms with E-state index >= 15 is 0 Å². The van der Waals surface area contributed by atoms with Gasteiger partial charge in [-0.05, 0) is 18.2 Å². The molecule has 2 rings (SSSR count). The maximum Gasteiger partial charge on any atom is 0.263 e. The van der Waals surface area contributed by atoms with E-state index in [2.05, 4.69) is 14.9 Å². The van der Waals surface area contributed by atoms with Gasteiger partial charge in [-0.25, -0.2) is 8.42 Å². The van der Waals surface area contributed by atoms with Gasteiger partial charge in [-0.15, -0.1) is 16.4 Å². The lowest BCUT2D eigenvalue weighted by Gasteiger charge is -2.03. The third-order valence-electron chi connectivity index (χ3n) is 1.91. The molecule has 6 nitrogen and oxygen atoms in total. The van der Waals surface area contributed by atoms with Crippen LogP contribution in [0.3, 0.4) is 0 Å². The second kappa shape index (κ2) is 4.78. The summed E-state index contributed by atoms with van der Waals surface area (Å²) in [5.74, 6) is 0.157. The highest BCUT2D eigenvalue weighted by Gasteiger charge is 2.16. The summed E-state index contributed by atoms with van der Waals surface area (Å²) in [5.41, 5.74) is 0. The minimum atomic E-state index is -3.66. The van der Waals surface area contributed by atoms with Gasteiger partial charge in [0.2, 0.25) is 0 Å². The molecule has 2 heterocycles. The van der Waals surface area contributed by atoms with Gasteiger partial charge < -0.3 is 5.11 Å². The molecule has 0 aliphatic rings. The van der Waals surface area contributed by atoms with Gasteiger partial charge in [0.25, 0.3) is 10.0 Å². The fraction of sp³-hybridized carbons (Fsp3) is 0.111. The molecule has 0 saturated carbocycles. The van der Waals surface area contributed by atoms with E-state index < -0.39 is 10.0 Å². The Bertz CT molecular complexity index is 595. The molecular weight excluding hydrogens is 262 g/mol. The van der Waals surface area contributed by atoms with Crippen LogP contribution in [0.25, 0.3) is 0 Å². The highest BCUT2D eigenvalue weighted by Crippen LogP contribution is 2.20. The van der Waals surface area contributed by atoms with Crippen LogP contribution in [-0.4, -0.2) is 23.7 Å². The van der Waals surface area contributed by atoms with Crippen molar-refractivity contribution < 1.29 is 13.5 Å². The molecule has 2 N–H and O–H groups in total. The maximum absolute atomic E-state index is 11.9. The Hall–Kier alpha value is -1.51. The molecular formula is C9H9N3O3S2. The van der Waals surface area contributed by atoms with Crippen LogP contribution in [0, 0.1) is 0 Å². The first-order chi connectivity index (χ1) is 8.12. The summed E-state index contributed by atoms with van der Waals surface area (Å²) in [6.07, 6.45) is 1.45. The number of hydrogen-bond donors (Lipinski definition) is 2. The number of thiophene rings is 1. The Balaban J connectivity index is 2.25. The summed E-state index contributed by atoms with van der Waals surface area (Å²) < 4.78 is 26.0. The Morgan fingerprint density at radius 2 is 2.29 bits per heavy atom. The molecule has 0 fully saturated rings. The third-order valence-corrected chi connectivity index (χ3v) is 4.31. The van der Waals surface area contributed by atoms with Crippen molar-refractivity contribution in [3.8, 4) is 0 Å². The zero-order chi connectivity index (χ0) is 12.3. The summed E-state index contributed by atoms with van der Waals surface area (Å²) in [4.78, 5) is 0.696. The average Bonchev–Trinajstić information content (AvgIpc) is 2.79. The summed E-state index contributed by atoms with van der Waals surface area (Å²) in [6.45, 7) is -0.175. The van der Waals surface area contributed by atoms with Crippen molar-refractivity contribution in [3.05, 3.63) is 34.7 Å². The van der Waals surface area contributed by atoms with Gasteiger partial charge in [-0.2, -0.15) is 5.10 Å². The lowest BCUT2D eigenvalue weighted by Crippen LogP contribution is -2.13. The number of sulfonamides is 1. The number of aliphatic hydroxyl groups excluding tert-OH is 1. The second-order valence-corrected chi connectivity index (χ2v) is 5.80. The Kier molecular flexibility index (Phi) is 3.36. The molecule has 17 heavy (non-hydrogen) atoms. The third kappa shape index (κ3) is 2.78. The van der Waals surface area contributed by atoms with E-state index in [1.807, 2.05) is 0 Å². The molecule has 2 aromatic heterocycles. The fourth-order valence-electron chi connectivity index (χ4n) is 1.14. The fourth-order valence-corrected chi connectivity index (χ4v) is 3.27. The van der Waals surface area contributed by atoms with Crippen LogP contribution in [0.15, 0.2) is 34.7 Å². The molecule has 90 valence electrons. The predicted octanol–water partition coefficient (Wildman–Crippen LogP) is 0.831. The molecule has 0 bridgehead atoms. The van der Waals surface area contributed by atoms with E-state index in [0.29, 0.717) is 4.88 Å². The highest BCUT2D eigenvalue weighted by molar-refractivity contribution is 7.92. The largest absolute Gasteiger partial charge is 0.391 e. The summed E-state index contributed by atoms with van der Waals surface area (Å²) in [5, 5.41) is 17.5. The maximum atomic E-state index is 11.9. The minimum absolute atomic E-state index is 0.109. The van der Waals surface area contributed by atoms with Gasteiger partial charge >= 0.3 is 0 Å². The van der Waals surface area contributed by atoms with E-state index in [1.165, 1.54) is 35.0 Å². The minimum Gasteiger partial charge on any atom is -0.391 e. The van der Waals surface area contributed by atoms with Crippen molar-refractivity contribution >= 4 is 27.2 Å². The molecule has 2 aromatic rings. The SMILES string of the molecule is O=S(=O)(Nc1cccnn1)c1csc(CO)c1. The van der Waals surface area contributed by atoms with Crippen LogP contribution >= 0.6 is 11.3 Å². The number of aliphatic hydroxyl groups is 1. The molecule has 0 aliphatic heterocycles. The Morgan fingerprint density at radius 3 is 2.88 bits per heavy atom. The first-order valence-electron chi connectivity index (χ1n) is 4.60. The van der Waals surface area contributed by atoms with E-state index in [0.717, 1.165) is 0 Å². The normalized spacial score (nSPS) is 11.4. The second-order valence-electron chi connectivity index (χ2n) is 3.12. The van der Waals surface area contributed by atoms with Gasteiger partial charge in [-0.3, -0.25) is 4.72 Å². The highest BCUT2D eigenvalue weighted by atomic mass is 32.2. The molecule has 0 amide bonds. The van der Waals surface area contributed by atoms with Crippen molar-refractivity contribution in [3.63, 3.8) is 0 Å². The van der Waals surface area contributed by atoms with Crippen molar-refractivity contribution in [2.24, 2.45) is 0 Å². The monoisotopic (exact) mass is 271 g/mol. The Morgan fingerprint density at radius 1 is 1.47 bits per heavy atom. The van der Waals surface area contributed by atoms with Crippen LogP contribution in [0.5, 0.6) is 0 Å². The van der Waals surface area contributed by atoms with Crippen molar-refractivity contribution in [1.29, 1.82) is 0 Å². The molecule has 0 radical (unpaired) electrons. The summed E-state index contributed by atoms with van der Waals surface area (Å²) >= 11 is 1.18. The zero-order valence-corrected chi connectivity index (χ0v) is 10.2. The first-order valence-corrected chi connectivity index (χ1v) is 6.97. The van der Waals surface area contributed by atoms with E-state index in [4.69, 9.17) is 5.11 Å². The van der Waals surface area contributed by atoms with Crippen molar-refractivity contribution in [2.75, 3.05) is 4.72 Å². The van der Waals surface area contributed by atoms with Gasteiger partial charge in [0.15, 0.2) is 5.82 Å². The van der Waals surface area contributed by atoms with Crippen LogP contribution in [0.4, 0.5) is 5.82 Å². The molecule has 0 atom stereocenters. The molecule has 0 saturated heterocycles. The topological polar surface area (TPSA) is 92.2 Å². The predicted molar refractivity (Wildman–Crippen MR) is 63.1 cm³/mol. The lowest BCUT2D eigenvalue weighted by atomic mass is 10.5. The lowest BCUT2D eigenvalue weighted by molar-refractivity contribution is 0.285. The van der Waals surface area contributed by atoms with Gasteiger partial charge in [-0.1, -0.05) is 0 Å². The quantitative estimate of drug-likeness (QED) is 0.859. The molecule has 8 heteroatoms. The van der Waals surface area contributed by atoms with Gasteiger partial charge in [0, 0.05) is 16.5 Å². The van der Waals surface area contributed by atoms with Crippen molar-refractivity contribution in [2.45, 2.75) is 11.5 Å². The van der Waals surface area contributed by atoms with E-state index in [1.54, 1.807) is 6.07 Å². The van der Waals surface area contributed by atoms with Gasteiger partial charge in [0.05, 0.1) is 11.5 Å². The number of aromatic nitrogens is 2. The van der Waals surface area contributed by atoms with E-state index in [-0.39, 0.29) is 17.3 Å². The van der Waals surface area contributed by atoms with Crippen LogP contribution in [0.2, 0.25) is 0 Å². The van der Waals surface area contributed by atoms with Crippen molar-refractivity contribution in [1.82, 2.24) is 10.2 Å². The number of nitrogens with one attached hydrogen (secondary N) is 1. The van der Waals surface area contributed by atoms with E-state index in [9.17, 15) is 8.42 Å². The van der Waals surface area contributed by atoms with Crippen LogP contribution in [-0.2, 0) is 16.6 Å². The van der Waals surface area contributed by atoms with Crippen LogP contribution < -0.4 is 4.72 Å². The zero-order valence-electron chi connectivity index (χ0n) is 8.57. The standard InChI is InChI=1S/C9H9N3O3S2/c13-5-7-4-8(6-16-7)17(14,15)12-9-2-1-3-10-11-9/h1-4,6,13H,5H2,(H,11,12). The Labute approximate surface area is 102 Å². The number of hydrogen-bond acceptors (Lipinski definition) is 6. The smallest absolute Gasteiger partial charge is 0.263 e. The number of nitrogens with zero attached hydrogens (tertiary/aromatic N) is 2. The molecule has 0 spiro atoms. The van der Waals surface area contributed by atoms with Gasteiger partial charge in [0.1, 0.15) is 0 Å². The average molecular weight is 271 g/mol. The summed E-state index contributed by atoms with van der Waals surface area (Å²) in [7, 11) is -3.66. The molecule has 0 unspecified atom stereocenters.